The smallest absolute Gasteiger partial charge is 0.341 e. The largest absolute Gasteiger partial charge is 0.462 e. The minimum atomic E-state index is -0.547. The van der Waals surface area contributed by atoms with Gasteiger partial charge < -0.3 is 10.1 Å². The summed E-state index contributed by atoms with van der Waals surface area (Å²) < 4.78 is 5.05. The molecule has 1 heterocycles. The molecule has 0 radical (unpaired) electrons. The highest BCUT2D eigenvalue weighted by Gasteiger charge is 2.25. The first kappa shape index (κ1) is 20.5. The normalized spacial score (nSPS) is 10.5. The highest BCUT2D eigenvalue weighted by atomic mass is 35.5. The number of carbonyl (C=O) groups is 3. The Morgan fingerprint density at radius 1 is 1.23 bits per heavy atom. The molecule has 0 unspecified atom stereocenters. The number of Topliss-reactive ketones (excluding diaryl/α,β-unsaturated/α-hetero) is 1. The van der Waals surface area contributed by atoms with E-state index in [1.807, 2.05) is 12.1 Å². The van der Waals surface area contributed by atoms with Gasteiger partial charge in [-0.25, -0.2) is 4.79 Å². The minimum Gasteiger partial charge on any atom is -0.462 e. The maximum atomic E-state index is 12.3. The molecule has 0 aliphatic heterocycles. The molecule has 0 spiro atoms. The Hall–Kier alpha value is -1.83. The maximum Gasteiger partial charge on any atom is 0.341 e. The van der Waals surface area contributed by atoms with Crippen LogP contribution in [0.3, 0.4) is 0 Å². The topological polar surface area (TPSA) is 72.5 Å². The number of rotatable bonds is 7. The molecule has 0 aliphatic rings. The second-order valence-electron chi connectivity index (χ2n) is 5.33. The summed E-state index contributed by atoms with van der Waals surface area (Å²) in [6.45, 7) is 5.02. The van der Waals surface area contributed by atoms with Crippen LogP contribution in [0.25, 0.3) is 0 Å². The van der Waals surface area contributed by atoms with E-state index in [4.69, 9.17) is 16.3 Å². The summed E-state index contributed by atoms with van der Waals surface area (Å²) in [5.41, 5.74) is 0.772. The molecular formula is C18H18ClNO4S2. The van der Waals surface area contributed by atoms with Crippen LogP contribution in [0.2, 0.25) is 5.02 Å². The Balaban J connectivity index is 2.15. The first-order chi connectivity index (χ1) is 12.3. The molecule has 0 fully saturated rings. The maximum absolute atomic E-state index is 12.3. The van der Waals surface area contributed by atoms with Crippen molar-refractivity contribution in [1.82, 2.24) is 0 Å². The van der Waals surface area contributed by atoms with Crippen molar-refractivity contribution < 1.29 is 19.1 Å². The molecular weight excluding hydrogens is 394 g/mol. The third-order valence-electron chi connectivity index (χ3n) is 3.38. The van der Waals surface area contributed by atoms with Crippen molar-refractivity contribution in [1.29, 1.82) is 0 Å². The zero-order chi connectivity index (χ0) is 19.3. The van der Waals surface area contributed by atoms with E-state index < -0.39 is 5.97 Å². The van der Waals surface area contributed by atoms with Crippen molar-refractivity contribution in [3.8, 4) is 0 Å². The van der Waals surface area contributed by atoms with Gasteiger partial charge in [0, 0.05) is 9.92 Å². The molecule has 0 saturated heterocycles. The van der Waals surface area contributed by atoms with Gasteiger partial charge in [-0.3, -0.25) is 9.59 Å². The van der Waals surface area contributed by atoms with Gasteiger partial charge in [-0.2, -0.15) is 0 Å². The quantitative estimate of drug-likeness (QED) is 0.401. The molecule has 2 rings (SSSR count). The van der Waals surface area contributed by atoms with Crippen LogP contribution in [0, 0.1) is 6.92 Å². The van der Waals surface area contributed by atoms with Crippen molar-refractivity contribution in [3.05, 3.63) is 45.3 Å². The number of hydrogen-bond donors (Lipinski definition) is 1. The zero-order valence-corrected chi connectivity index (χ0v) is 16.9. The zero-order valence-electron chi connectivity index (χ0n) is 14.6. The number of thioether (sulfide) groups is 1. The highest BCUT2D eigenvalue weighted by Crippen LogP contribution is 2.34. The second kappa shape index (κ2) is 9.21. The number of esters is 1. The number of thiophene rings is 1. The summed E-state index contributed by atoms with van der Waals surface area (Å²) >= 11 is 8.28. The standard InChI is InChI=1S/C18H18ClNO4S2/c1-4-24-18(23)15-10(2)16(11(3)21)26-17(15)20-14(22)9-25-13-7-5-12(19)6-8-13/h5-8H,4,9H2,1-3H3,(H,20,22). The average molecular weight is 412 g/mol. The summed E-state index contributed by atoms with van der Waals surface area (Å²) in [6, 6.07) is 7.16. The number of hydrogen-bond acceptors (Lipinski definition) is 6. The van der Waals surface area contributed by atoms with Gasteiger partial charge >= 0.3 is 5.97 Å². The molecule has 0 aliphatic carbocycles. The number of ketones is 1. The lowest BCUT2D eigenvalue weighted by molar-refractivity contribution is -0.113. The summed E-state index contributed by atoms with van der Waals surface area (Å²) in [5.74, 6) is -0.814. The van der Waals surface area contributed by atoms with Crippen LogP contribution in [-0.2, 0) is 9.53 Å². The van der Waals surface area contributed by atoms with E-state index in [1.54, 1.807) is 26.0 Å². The van der Waals surface area contributed by atoms with Crippen molar-refractivity contribution >= 4 is 57.4 Å². The van der Waals surface area contributed by atoms with E-state index in [-0.39, 0.29) is 29.6 Å². The number of ether oxygens (including phenoxy) is 1. The molecule has 1 aromatic heterocycles. The Kier molecular flexibility index (Phi) is 7.25. The molecule has 5 nitrogen and oxygen atoms in total. The fraction of sp³-hybridized carbons (Fsp3) is 0.278. The van der Waals surface area contributed by atoms with Crippen LogP contribution >= 0.6 is 34.7 Å². The number of anilines is 1. The Labute approximate surface area is 165 Å². The van der Waals surface area contributed by atoms with E-state index in [0.717, 1.165) is 16.2 Å². The first-order valence-corrected chi connectivity index (χ1v) is 10.0. The SMILES string of the molecule is CCOC(=O)c1c(NC(=O)CSc2ccc(Cl)cc2)sc(C(C)=O)c1C. The summed E-state index contributed by atoms with van der Waals surface area (Å²) in [4.78, 5) is 37.6. The molecule has 0 saturated carbocycles. The van der Waals surface area contributed by atoms with Gasteiger partial charge in [-0.05, 0) is 50.6 Å². The van der Waals surface area contributed by atoms with Crippen molar-refractivity contribution in [2.75, 3.05) is 17.7 Å². The van der Waals surface area contributed by atoms with Gasteiger partial charge in [0.2, 0.25) is 5.91 Å². The van der Waals surface area contributed by atoms with E-state index in [0.29, 0.717) is 20.5 Å². The van der Waals surface area contributed by atoms with Gasteiger partial charge in [-0.1, -0.05) is 11.6 Å². The fourth-order valence-corrected chi connectivity index (χ4v) is 4.16. The fourth-order valence-electron chi connectivity index (χ4n) is 2.23. The molecule has 2 aromatic rings. The van der Waals surface area contributed by atoms with E-state index in [2.05, 4.69) is 5.32 Å². The van der Waals surface area contributed by atoms with Gasteiger partial charge in [0.25, 0.3) is 0 Å². The number of carbonyl (C=O) groups excluding carboxylic acids is 3. The predicted octanol–water partition coefficient (Wildman–Crippen LogP) is 4.82. The van der Waals surface area contributed by atoms with Gasteiger partial charge in [-0.15, -0.1) is 23.1 Å². The second-order valence-corrected chi connectivity index (χ2v) is 7.83. The van der Waals surface area contributed by atoms with Crippen LogP contribution in [0.15, 0.2) is 29.2 Å². The number of benzene rings is 1. The van der Waals surface area contributed by atoms with E-state index >= 15 is 0 Å². The molecule has 138 valence electrons. The van der Waals surface area contributed by atoms with Crippen molar-refractivity contribution in [2.24, 2.45) is 0 Å². The number of halogens is 1. The van der Waals surface area contributed by atoms with Crippen molar-refractivity contribution in [2.45, 2.75) is 25.7 Å². The Bertz CT molecular complexity index is 830. The number of nitrogens with one attached hydrogen (secondary N) is 1. The monoisotopic (exact) mass is 411 g/mol. The third kappa shape index (κ3) is 5.09. The van der Waals surface area contributed by atoms with E-state index in [9.17, 15) is 14.4 Å². The van der Waals surface area contributed by atoms with Gasteiger partial charge in [0.05, 0.1) is 22.8 Å². The molecule has 0 atom stereocenters. The first-order valence-electron chi connectivity index (χ1n) is 7.83. The van der Waals surface area contributed by atoms with E-state index in [1.165, 1.54) is 18.7 Å². The summed E-state index contributed by atoms with van der Waals surface area (Å²) in [6.07, 6.45) is 0. The van der Waals surface area contributed by atoms with Gasteiger partial charge in [0.15, 0.2) is 5.78 Å². The van der Waals surface area contributed by atoms with Crippen LogP contribution in [0.1, 0.15) is 39.4 Å². The highest BCUT2D eigenvalue weighted by molar-refractivity contribution is 8.00. The van der Waals surface area contributed by atoms with Gasteiger partial charge in [0.1, 0.15) is 5.00 Å². The molecule has 1 N–H and O–H groups in total. The van der Waals surface area contributed by atoms with Crippen LogP contribution in [0.5, 0.6) is 0 Å². The predicted molar refractivity (Wildman–Crippen MR) is 106 cm³/mol. The lowest BCUT2D eigenvalue weighted by Crippen LogP contribution is -2.16. The number of amides is 1. The van der Waals surface area contributed by atoms with Crippen LogP contribution in [-0.4, -0.2) is 30.0 Å². The summed E-state index contributed by atoms with van der Waals surface area (Å²) in [7, 11) is 0. The third-order valence-corrected chi connectivity index (χ3v) is 5.95. The Morgan fingerprint density at radius 3 is 2.46 bits per heavy atom. The Morgan fingerprint density at radius 2 is 1.88 bits per heavy atom. The van der Waals surface area contributed by atoms with Crippen LogP contribution in [0.4, 0.5) is 5.00 Å². The molecule has 26 heavy (non-hydrogen) atoms. The lowest BCUT2D eigenvalue weighted by Gasteiger charge is -2.07. The molecule has 0 bridgehead atoms. The summed E-state index contributed by atoms with van der Waals surface area (Å²) in [5, 5.41) is 3.70. The van der Waals surface area contributed by atoms with Crippen molar-refractivity contribution in [3.63, 3.8) is 0 Å². The minimum absolute atomic E-state index is 0.158. The molecule has 1 aromatic carbocycles. The average Bonchev–Trinajstić information content (AvgIpc) is 2.91. The lowest BCUT2D eigenvalue weighted by atomic mass is 10.1. The molecule has 8 heteroatoms. The van der Waals surface area contributed by atoms with Crippen LogP contribution < -0.4 is 5.32 Å². The molecule has 1 amide bonds.